The highest BCUT2D eigenvalue weighted by Gasteiger charge is 2.41. The van der Waals surface area contributed by atoms with E-state index in [2.05, 4.69) is 10.6 Å². The van der Waals surface area contributed by atoms with Crippen molar-refractivity contribution in [2.24, 2.45) is 5.92 Å². The van der Waals surface area contributed by atoms with E-state index in [1.807, 2.05) is 0 Å². The largest absolute Gasteiger partial charge is 0.355 e. The highest BCUT2D eigenvalue weighted by atomic mass is 19.1. The van der Waals surface area contributed by atoms with Gasteiger partial charge in [-0.3, -0.25) is 9.59 Å². The summed E-state index contributed by atoms with van der Waals surface area (Å²) in [4.78, 5) is 24.5. The van der Waals surface area contributed by atoms with E-state index in [1.54, 1.807) is 25.1 Å². The van der Waals surface area contributed by atoms with E-state index in [4.69, 9.17) is 0 Å². The molecule has 2 aromatic carbocycles. The molecule has 24 heavy (non-hydrogen) atoms. The first-order chi connectivity index (χ1) is 11.5. The van der Waals surface area contributed by atoms with E-state index < -0.39 is 29.5 Å². The lowest BCUT2D eigenvalue weighted by molar-refractivity contribution is -0.130. The number of amides is 2. The predicted molar refractivity (Wildman–Crippen MR) is 85.4 cm³/mol. The van der Waals surface area contributed by atoms with Crippen LogP contribution < -0.4 is 10.6 Å². The number of benzene rings is 2. The summed E-state index contributed by atoms with van der Waals surface area (Å²) in [5, 5.41) is 5.06. The molecule has 2 atom stereocenters. The minimum atomic E-state index is -1.04. The van der Waals surface area contributed by atoms with E-state index >= 15 is 0 Å². The zero-order valence-electron chi connectivity index (χ0n) is 13.0. The van der Waals surface area contributed by atoms with Gasteiger partial charge in [0.25, 0.3) is 0 Å². The van der Waals surface area contributed by atoms with Crippen LogP contribution >= 0.6 is 0 Å². The fraction of sp³-hybridized carbons (Fsp3) is 0.222. The number of hydrogen-bond donors (Lipinski definition) is 2. The highest BCUT2D eigenvalue weighted by molar-refractivity contribution is 6.08. The zero-order valence-corrected chi connectivity index (χ0v) is 13.0. The number of nitrogens with one attached hydrogen (secondary N) is 2. The lowest BCUT2D eigenvalue weighted by Gasteiger charge is -2.17. The maximum atomic E-state index is 13.8. The third-order valence-electron chi connectivity index (χ3n) is 4.22. The van der Waals surface area contributed by atoms with Crippen LogP contribution in [0.1, 0.15) is 17.0 Å². The van der Waals surface area contributed by atoms with Gasteiger partial charge in [-0.1, -0.05) is 24.3 Å². The summed E-state index contributed by atoms with van der Waals surface area (Å²) in [6.07, 6.45) is 0. The Hall–Kier alpha value is -2.76. The van der Waals surface area contributed by atoms with E-state index in [0.29, 0.717) is 11.1 Å². The van der Waals surface area contributed by atoms with E-state index in [1.165, 1.54) is 24.3 Å². The second kappa shape index (κ2) is 6.39. The van der Waals surface area contributed by atoms with E-state index in [0.717, 1.165) is 0 Å². The van der Waals surface area contributed by atoms with Crippen molar-refractivity contribution in [3.63, 3.8) is 0 Å². The van der Waals surface area contributed by atoms with Gasteiger partial charge in [-0.15, -0.1) is 0 Å². The molecule has 0 spiro atoms. The molecule has 1 fully saturated rings. The number of para-hydroxylation sites is 1. The molecule has 1 aliphatic rings. The Morgan fingerprint density at radius 2 is 1.92 bits per heavy atom. The lowest BCUT2D eigenvalue weighted by Crippen LogP contribution is -2.32. The van der Waals surface area contributed by atoms with Gasteiger partial charge in [0.2, 0.25) is 11.8 Å². The van der Waals surface area contributed by atoms with Gasteiger partial charge in [-0.2, -0.15) is 0 Å². The summed E-state index contributed by atoms with van der Waals surface area (Å²) in [6.45, 7) is 1.87. The van der Waals surface area contributed by atoms with Gasteiger partial charge < -0.3 is 10.6 Å². The van der Waals surface area contributed by atoms with Crippen molar-refractivity contribution in [3.05, 3.63) is 65.2 Å². The molecule has 1 saturated heterocycles. The Balaban J connectivity index is 1.86. The summed E-state index contributed by atoms with van der Waals surface area (Å²) in [5.74, 6) is -3.57. The molecule has 0 aliphatic carbocycles. The second-order valence-corrected chi connectivity index (χ2v) is 5.81. The fourth-order valence-corrected chi connectivity index (χ4v) is 2.85. The third-order valence-corrected chi connectivity index (χ3v) is 4.22. The molecule has 2 amide bonds. The predicted octanol–water partition coefficient (Wildman–Crippen LogP) is 2.74. The molecule has 0 bridgehead atoms. The van der Waals surface area contributed by atoms with Gasteiger partial charge in [-0.05, 0) is 36.2 Å². The Morgan fingerprint density at radius 3 is 2.62 bits per heavy atom. The van der Waals surface area contributed by atoms with Crippen LogP contribution in [-0.4, -0.2) is 18.4 Å². The first kappa shape index (κ1) is 16.1. The summed E-state index contributed by atoms with van der Waals surface area (Å²) >= 11 is 0. The van der Waals surface area contributed by atoms with Crippen LogP contribution in [0, 0.1) is 24.5 Å². The highest BCUT2D eigenvalue weighted by Crippen LogP contribution is 2.31. The number of hydrogen-bond acceptors (Lipinski definition) is 2. The summed E-state index contributed by atoms with van der Waals surface area (Å²) < 4.78 is 27.5. The molecule has 1 aliphatic heterocycles. The topological polar surface area (TPSA) is 58.2 Å². The number of anilines is 1. The number of aryl methyl sites for hydroxylation is 1. The SMILES string of the molecule is Cc1ccc(C2CNC(=O)C2C(=O)Nc2ccccc2F)cc1F. The van der Waals surface area contributed by atoms with E-state index in [9.17, 15) is 18.4 Å². The molecule has 1 heterocycles. The zero-order chi connectivity index (χ0) is 17.3. The third kappa shape index (κ3) is 2.99. The van der Waals surface area contributed by atoms with Crippen LogP contribution in [0.4, 0.5) is 14.5 Å². The Morgan fingerprint density at radius 1 is 1.17 bits per heavy atom. The van der Waals surface area contributed by atoms with Gasteiger partial charge in [-0.25, -0.2) is 8.78 Å². The minimum absolute atomic E-state index is 0.0102. The molecule has 0 saturated carbocycles. The lowest BCUT2D eigenvalue weighted by atomic mass is 9.87. The first-order valence-corrected chi connectivity index (χ1v) is 7.56. The van der Waals surface area contributed by atoms with Crippen molar-refractivity contribution in [1.29, 1.82) is 0 Å². The summed E-state index contributed by atoms with van der Waals surface area (Å²) in [7, 11) is 0. The maximum Gasteiger partial charge on any atom is 0.237 e. The molecule has 124 valence electrons. The average molecular weight is 330 g/mol. The molecule has 4 nitrogen and oxygen atoms in total. The summed E-state index contributed by atoms with van der Waals surface area (Å²) in [5.41, 5.74) is 1.06. The molecule has 2 N–H and O–H groups in total. The first-order valence-electron chi connectivity index (χ1n) is 7.56. The van der Waals surface area contributed by atoms with Gasteiger partial charge >= 0.3 is 0 Å². The van der Waals surface area contributed by atoms with Crippen LogP contribution in [0.5, 0.6) is 0 Å². The normalized spacial score (nSPS) is 19.9. The quantitative estimate of drug-likeness (QED) is 0.850. The van der Waals surface area contributed by atoms with Crippen LogP contribution in [-0.2, 0) is 9.59 Å². The number of rotatable bonds is 3. The number of carbonyl (C=O) groups is 2. The molecular weight excluding hydrogens is 314 g/mol. The monoisotopic (exact) mass is 330 g/mol. The van der Waals surface area contributed by atoms with Gasteiger partial charge in [0.15, 0.2) is 0 Å². The van der Waals surface area contributed by atoms with Crippen LogP contribution in [0.3, 0.4) is 0 Å². The number of carbonyl (C=O) groups excluding carboxylic acids is 2. The standard InChI is InChI=1S/C18H16F2N2O2/c1-10-6-7-11(8-14(10)20)12-9-21-17(23)16(12)18(24)22-15-5-3-2-4-13(15)19/h2-8,12,16H,9H2,1H3,(H,21,23)(H,22,24). The molecule has 0 aromatic heterocycles. The van der Waals surface area contributed by atoms with Gasteiger partial charge in [0.05, 0.1) is 5.69 Å². The molecule has 2 aromatic rings. The average Bonchev–Trinajstić information content (AvgIpc) is 2.94. The van der Waals surface area contributed by atoms with Crippen molar-refractivity contribution in [3.8, 4) is 0 Å². The van der Waals surface area contributed by atoms with E-state index in [-0.39, 0.29) is 18.0 Å². The molecule has 2 unspecified atom stereocenters. The van der Waals surface area contributed by atoms with Crippen molar-refractivity contribution in [2.45, 2.75) is 12.8 Å². The smallest absolute Gasteiger partial charge is 0.237 e. The van der Waals surface area contributed by atoms with Gasteiger partial charge in [0, 0.05) is 12.5 Å². The molecule has 0 radical (unpaired) electrons. The molecular formula is C18H16F2N2O2. The molecule has 3 rings (SSSR count). The molecule has 6 heteroatoms. The van der Waals surface area contributed by atoms with Gasteiger partial charge in [0.1, 0.15) is 17.6 Å². The Kier molecular flexibility index (Phi) is 4.29. The van der Waals surface area contributed by atoms with Crippen LogP contribution in [0.2, 0.25) is 0 Å². The number of halogens is 2. The fourth-order valence-electron chi connectivity index (χ4n) is 2.85. The Labute approximate surface area is 137 Å². The minimum Gasteiger partial charge on any atom is -0.355 e. The second-order valence-electron chi connectivity index (χ2n) is 5.81. The maximum absolute atomic E-state index is 13.8. The van der Waals surface area contributed by atoms with Crippen molar-refractivity contribution in [1.82, 2.24) is 5.32 Å². The van der Waals surface area contributed by atoms with Crippen molar-refractivity contribution in [2.75, 3.05) is 11.9 Å². The Bertz CT molecular complexity index is 807. The van der Waals surface area contributed by atoms with Crippen molar-refractivity contribution >= 4 is 17.5 Å². The van der Waals surface area contributed by atoms with Crippen molar-refractivity contribution < 1.29 is 18.4 Å². The van der Waals surface area contributed by atoms with Crippen LogP contribution in [0.25, 0.3) is 0 Å². The summed E-state index contributed by atoms with van der Waals surface area (Å²) in [6, 6.07) is 10.4. The van der Waals surface area contributed by atoms with Crippen LogP contribution in [0.15, 0.2) is 42.5 Å².